The topological polar surface area (TPSA) is 281 Å². The van der Waals surface area contributed by atoms with Crippen LogP contribution in [0.4, 0.5) is 15.3 Å². The zero-order valence-corrected chi connectivity index (χ0v) is 44.9. The minimum Gasteiger partial charge on any atom is -0.445 e. The summed E-state index contributed by atoms with van der Waals surface area (Å²) in [6.45, 7) is 6.16. The quantitative estimate of drug-likeness (QED) is 0.0242. The molecule has 1 aliphatic heterocycles. The molecule has 6 aromatic rings. The molecule has 1 saturated carbocycles. The Kier molecular flexibility index (Phi) is 19.3. The number of primary amides is 1. The summed E-state index contributed by atoms with van der Waals surface area (Å²) in [6, 6.07) is 21.9. The van der Waals surface area contributed by atoms with Crippen LogP contribution in [-0.4, -0.2) is 106 Å². The first kappa shape index (κ1) is 56.5. The van der Waals surface area contributed by atoms with Gasteiger partial charge in [0.25, 0.3) is 11.8 Å². The fraction of sp³-hybridized carbons (Fsp3) is 0.397. The van der Waals surface area contributed by atoms with Gasteiger partial charge in [0.15, 0.2) is 5.65 Å². The number of anilines is 1. The Morgan fingerprint density at radius 1 is 0.835 bits per heavy atom. The Bertz CT molecular complexity index is 3140. The second kappa shape index (κ2) is 27.0. The third-order valence-electron chi connectivity index (χ3n) is 14.1. The molecule has 8 amide bonds. The first-order chi connectivity index (χ1) is 38.2. The first-order valence-electron chi connectivity index (χ1n) is 27.1. The van der Waals surface area contributed by atoms with E-state index in [9.17, 15) is 33.6 Å². The predicted octanol–water partition coefficient (Wildman–Crippen LogP) is 7.37. The van der Waals surface area contributed by atoms with Crippen LogP contribution < -0.4 is 27.0 Å². The van der Waals surface area contributed by atoms with Crippen LogP contribution in [0.3, 0.4) is 0 Å². The summed E-state index contributed by atoms with van der Waals surface area (Å²) in [4.78, 5) is 111. The lowest BCUT2D eigenvalue weighted by Gasteiger charge is -2.27. The number of aromatic nitrogens is 6. The number of pyridine rings is 2. The molecule has 21 nitrogen and oxygen atoms in total. The van der Waals surface area contributed by atoms with Crippen molar-refractivity contribution in [2.24, 2.45) is 11.7 Å². The normalized spacial score (nSPS) is 14.3. The number of amides is 8. The minimum absolute atomic E-state index is 0.0835. The van der Waals surface area contributed by atoms with Crippen molar-refractivity contribution in [3.63, 3.8) is 0 Å². The maximum absolute atomic E-state index is 14.5. The number of benzene rings is 2. The number of unbranched alkanes of at least 4 members (excludes halogenated alkanes) is 2. The predicted molar refractivity (Wildman–Crippen MR) is 295 cm³/mol. The third-order valence-corrected chi connectivity index (χ3v) is 14.1. The number of rotatable bonds is 25. The van der Waals surface area contributed by atoms with Crippen molar-refractivity contribution in [3.05, 3.63) is 132 Å². The molecule has 4 aromatic heterocycles. The third kappa shape index (κ3) is 15.5. The van der Waals surface area contributed by atoms with Crippen LogP contribution in [0, 0.1) is 12.8 Å². The Hall–Kier alpha value is -8.75. The first-order valence-corrected chi connectivity index (χ1v) is 27.1. The van der Waals surface area contributed by atoms with Gasteiger partial charge in [-0.15, -0.1) is 0 Å². The van der Waals surface area contributed by atoms with E-state index in [2.05, 4.69) is 54.5 Å². The highest BCUT2D eigenvalue weighted by Gasteiger charge is 2.30. The van der Waals surface area contributed by atoms with Gasteiger partial charge < -0.3 is 36.7 Å². The van der Waals surface area contributed by atoms with Gasteiger partial charge in [0.05, 0.1) is 17.9 Å². The number of nitrogens with zero attached hydrogens (tertiary/aromatic N) is 7. The molecule has 0 bridgehead atoms. The van der Waals surface area contributed by atoms with Crippen LogP contribution in [0.1, 0.15) is 119 Å². The molecule has 414 valence electrons. The van der Waals surface area contributed by atoms with E-state index in [0.717, 1.165) is 47.4 Å². The molecule has 21 heteroatoms. The molecule has 0 radical (unpaired) electrons. The number of nitrogens with two attached hydrogens (primary N) is 1. The maximum Gasteiger partial charge on any atom is 0.410 e. The smallest absolute Gasteiger partial charge is 0.410 e. The van der Waals surface area contributed by atoms with Crippen molar-refractivity contribution in [2.45, 2.75) is 129 Å². The molecule has 79 heavy (non-hydrogen) atoms. The molecule has 8 rings (SSSR count). The molecule has 2 unspecified atom stereocenters. The number of hydrogen-bond acceptors (Lipinski definition) is 12. The average molecular weight is 1080 g/mol. The van der Waals surface area contributed by atoms with Crippen molar-refractivity contribution in [3.8, 4) is 22.6 Å². The monoisotopic (exact) mass is 1080 g/mol. The molecule has 2 atom stereocenters. The van der Waals surface area contributed by atoms with Gasteiger partial charge in [-0.05, 0) is 110 Å². The standard InChI is InChI=1S/C58H69N13O8/c1-37(2)52(68-49(72)21-8-5-11-31-70-50(73)28-29-51(70)74)56(76)65-46(20-13-30-60-57(59)77)55(75)64-43-25-22-39(23-26-43)35-79-58(78)69(32-41-17-9-10-18-44(41)40-15-6-4-7-16-40)34-47-66-53(42-24-27-48-61-36-62-71(48)33-42)54(67-47)45-19-12-14-38(3)63-45/h9-10,12,14,17-19,22-29,33,36-37,40,46,52H,4-8,11,13,15-16,20-21,30-32,34-35H2,1-3H3,(H,64,75)(H,65,76)(H,66,67)(H,68,72)(H3,59,60,77). The SMILES string of the molecule is Cc1cccc(-c2nc(CN(Cc3ccccc3C3CCCCC3)C(=O)OCc3ccc(NC(=O)C(CCCNC(N)=O)NC(=O)C(NC(=O)CCCCCN4C(=O)C=CC4=O)C(C)C)cc3)[nH]c2-c2ccc3ncnn3c2)n1. The van der Waals surface area contributed by atoms with Gasteiger partial charge >= 0.3 is 12.1 Å². The van der Waals surface area contributed by atoms with Gasteiger partial charge in [-0.25, -0.2) is 24.1 Å². The number of ether oxygens (including phenoxy) is 1. The van der Waals surface area contributed by atoms with E-state index in [0.29, 0.717) is 71.4 Å². The Morgan fingerprint density at radius 3 is 2.35 bits per heavy atom. The van der Waals surface area contributed by atoms with Crippen LogP contribution >= 0.6 is 0 Å². The molecule has 0 spiro atoms. The van der Waals surface area contributed by atoms with Crippen LogP contribution in [0.25, 0.3) is 28.3 Å². The number of aryl methyl sites for hydroxylation is 1. The van der Waals surface area contributed by atoms with Gasteiger partial charge in [0.1, 0.15) is 36.5 Å². The summed E-state index contributed by atoms with van der Waals surface area (Å²) in [5.74, 6) is -1.58. The second-order valence-electron chi connectivity index (χ2n) is 20.4. The number of imide groups is 1. The zero-order valence-electron chi connectivity index (χ0n) is 44.9. The summed E-state index contributed by atoms with van der Waals surface area (Å²) in [7, 11) is 0. The minimum atomic E-state index is -1.06. The van der Waals surface area contributed by atoms with E-state index in [1.165, 1.54) is 30.5 Å². The van der Waals surface area contributed by atoms with Crippen molar-refractivity contribution >= 4 is 53.0 Å². The number of carbonyl (C=O) groups is 7. The number of H-pyrrole nitrogens is 1. The highest BCUT2D eigenvalue weighted by atomic mass is 16.6. The van der Waals surface area contributed by atoms with Gasteiger partial charge in [-0.2, -0.15) is 5.10 Å². The molecule has 1 aliphatic carbocycles. The van der Waals surface area contributed by atoms with E-state index in [-0.39, 0.29) is 69.3 Å². The van der Waals surface area contributed by atoms with E-state index in [1.807, 2.05) is 49.5 Å². The number of imidazole rings is 1. The lowest BCUT2D eigenvalue weighted by atomic mass is 9.82. The van der Waals surface area contributed by atoms with Gasteiger partial charge in [-0.3, -0.25) is 38.8 Å². The molecule has 5 heterocycles. The Labute approximate surface area is 458 Å². The van der Waals surface area contributed by atoms with Crippen LogP contribution in [0.15, 0.2) is 104 Å². The zero-order chi connectivity index (χ0) is 55.8. The lowest BCUT2D eigenvalue weighted by molar-refractivity contribution is -0.137. The number of urea groups is 1. The van der Waals surface area contributed by atoms with Crippen LogP contribution in [-0.2, 0) is 48.4 Å². The van der Waals surface area contributed by atoms with Gasteiger partial charge in [-0.1, -0.05) is 82.0 Å². The van der Waals surface area contributed by atoms with Crippen LogP contribution in [0.2, 0.25) is 0 Å². The largest absolute Gasteiger partial charge is 0.445 e. The lowest BCUT2D eigenvalue weighted by Crippen LogP contribution is -2.54. The van der Waals surface area contributed by atoms with Gasteiger partial charge in [0.2, 0.25) is 17.7 Å². The molecule has 0 saturated heterocycles. The highest BCUT2D eigenvalue weighted by molar-refractivity contribution is 6.12. The van der Waals surface area contributed by atoms with Crippen molar-refractivity contribution in [2.75, 3.05) is 18.4 Å². The summed E-state index contributed by atoms with van der Waals surface area (Å²) in [5.41, 5.74) is 12.9. The molecular formula is C58H69N13O8. The molecule has 2 aliphatic rings. The van der Waals surface area contributed by atoms with E-state index in [1.54, 1.807) is 47.5 Å². The van der Waals surface area contributed by atoms with E-state index in [4.69, 9.17) is 20.4 Å². The number of nitrogens with one attached hydrogen (secondary N) is 5. The summed E-state index contributed by atoms with van der Waals surface area (Å²) < 4.78 is 7.76. The molecule has 2 aromatic carbocycles. The highest BCUT2D eigenvalue weighted by Crippen LogP contribution is 2.36. The molecule has 7 N–H and O–H groups in total. The average Bonchev–Trinajstić information content (AvgIpc) is 4.34. The van der Waals surface area contributed by atoms with Crippen molar-refractivity contribution in [1.82, 2.24) is 55.3 Å². The molecule has 1 fully saturated rings. The molecular weight excluding hydrogens is 1010 g/mol. The fourth-order valence-electron chi connectivity index (χ4n) is 9.96. The number of aromatic amines is 1. The summed E-state index contributed by atoms with van der Waals surface area (Å²) >= 11 is 0. The summed E-state index contributed by atoms with van der Waals surface area (Å²) in [6.07, 6.45) is 13.1. The summed E-state index contributed by atoms with van der Waals surface area (Å²) in [5, 5.41) is 15.3. The fourth-order valence-corrected chi connectivity index (χ4v) is 9.96. The Morgan fingerprint density at radius 2 is 1.61 bits per heavy atom. The number of hydrogen-bond donors (Lipinski definition) is 6. The Balaban J connectivity index is 0.934. The van der Waals surface area contributed by atoms with Crippen molar-refractivity contribution < 1.29 is 38.3 Å². The van der Waals surface area contributed by atoms with Gasteiger partial charge in [0, 0.05) is 61.3 Å². The van der Waals surface area contributed by atoms with E-state index >= 15 is 0 Å². The number of carbonyl (C=O) groups excluding carboxylic acids is 7. The van der Waals surface area contributed by atoms with Crippen molar-refractivity contribution in [1.29, 1.82) is 0 Å². The number of fused-ring (bicyclic) bond motifs is 1. The second-order valence-corrected chi connectivity index (χ2v) is 20.4. The van der Waals surface area contributed by atoms with E-state index < -0.39 is 36.0 Å². The van der Waals surface area contributed by atoms with Crippen LogP contribution in [0.5, 0.6) is 0 Å². The maximum atomic E-state index is 14.5.